The molecule has 0 saturated carbocycles. The molecule has 0 radical (unpaired) electrons. The van der Waals surface area contributed by atoms with Gasteiger partial charge in [0.1, 0.15) is 11.5 Å². The monoisotopic (exact) mass is 344 g/mol. The number of carbonyl (C=O) groups is 1. The van der Waals surface area contributed by atoms with Gasteiger partial charge in [-0.15, -0.1) is 0 Å². The molecule has 21 heavy (non-hydrogen) atoms. The zero-order chi connectivity index (χ0) is 15.4. The number of hydrogen-bond donors (Lipinski definition) is 0. The van der Waals surface area contributed by atoms with Gasteiger partial charge in [-0.25, -0.2) is 4.98 Å². The Balaban J connectivity index is 2.39. The Hall–Kier alpha value is -1.03. The maximum Gasteiger partial charge on any atom is 0.169 e. The third-order valence-electron chi connectivity index (χ3n) is 3.25. The highest BCUT2D eigenvalue weighted by Crippen LogP contribution is 2.25. The summed E-state index contributed by atoms with van der Waals surface area (Å²) in [4.78, 5) is 15.6. The fourth-order valence-electron chi connectivity index (χ4n) is 2.12. The number of aryl methyl sites for hydroxylation is 1. The number of nitrogens with zero attached hydrogens (tertiary/aromatic N) is 2. The first-order valence-electron chi connectivity index (χ1n) is 6.70. The van der Waals surface area contributed by atoms with Crippen LogP contribution in [0.5, 0.6) is 0 Å². The standard InChI is InChI=1S/C15H15Cl3N2O/c1-2-3-4-14-19-15(18)13(9-21)20(14)8-10-5-6-11(16)7-12(10)17/h5-7,9H,2-4,8H2,1H3. The molecule has 2 aromatic rings. The van der Waals surface area contributed by atoms with E-state index in [1.165, 1.54) is 0 Å². The molecule has 0 bridgehead atoms. The molecule has 0 N–H and O–H groups in total. The summed E-state index contributed by atoms with van der Waals surface area (Å²) in [6.07, 6.45) is 3.53. The second-order valence-corrected chi connectivity index (χ2v) is 5.95. The molecule has 112 valence electrons. The average molecular weight is 346 g/mol. The van der Waals surface area contributed by atoms with Crippen LogP contribution in [0.15, 0.2) is 18.2 Å². The van der Waals surface area contributed by atoms with Crippen molar-refractivity contribution in [3.8, 4) is 0 Å². The second kappa shape index (κ2) is 7.30. The van der Waals surface area contributed by atoms with Gasteiger partial charge in [-0.2, -0.15) is 0 Å². The molecular weight excluding hydrogens is 331 g/mol. The van der Waals surface area contributed by atoms with Crippen LogP contribution >= 0.6 is 34.8 Å². The highest BCUT2D eigenvalue weighted by Gasteiger charge is 2.16. The summed E-state index contributed by atoms with van der Waals surface area (Å²) in [5.74, 6) is 0.801. The summed E-state index contributed by atoms with van der Waals surface area (Å²) in [7, 11) is 0. The van der Waals surface area contributed by atoms with Gasteiger partial charge >= 0.3 is 0 Å². The SMILES string of the molecule is CCCCc1nc(Cl)c(C=O)n1Cc1ccc(Cl)cc1Cl. The minimum Gasteiger partial charge on any atom is -0.320 e. The lowest BCUT2D eigenvalue weighted by atomic mass is 10.2. The zero-order valence-corrected chi connectivity index (χ0v) is 13.8. The first-order chi connectivity index (χ1) is 10.1. The van der Waals surface area contributed by atoms with Crippen molar-refractivity contribution in [1.82, 2.24) is 9.55 Å². The summed E-state index contributed by atoms with van der Waals surface area (Å²) in [6, 6.07) is 5.30. The molecule has 0 fully saturated rings. The number of aldehydes is 1. The van der Waals surface area contributed by atoms with Crippen molar-refractivity contribution in [1.29, 1.82) is 0 Å². The van der Waals surface area contributed by atoms with E-state index in [4.69, 9.17) is 34.8 Å². The third-order valence-corrected chi connectivity index (χ3v) is 4.12. The van der Waals surface area contributed by atoms with Crippen molar-refractivity contribution in [2.24, 2.45) is 0 Å². The molecule has 3 nitrogen and oxygen atoms in total. The van der Waals surface area contributed by atoms with E-state index in [1.54, 1.807) is 12.1 Å². The number of carbonyl (C=O) groups excluding carboxylic acids is 1. The summed E-state index contributed by atoms with van der Waals surface area (Å²) in [6.45, 7) is 2.55. The summed E-state index contributed by atoms with van der Waals surface area (Å²) in [5, 5.41) is 1.38. The Morgan fingerprint density at radius 1 is 1.29 bits per heavy atom. The molecule has 0 spiro atoms. The molecule has 1 heterocycles. The number of halogens is 3. The molecule has 0 amide bonds. The van der Waals surface area contributed by atoms with Crippen molar-refractivity contribution < 1.29 is 4.79 Å². The predicted octanol–water partition coefficient (Wildman–Crippen LogP) is 5.05. The molecule has 0 aliphatic heterocycles. The number of aromatic nitrogens is 2. The molecule has 0 saturated heterocycles. The van der Waals surface area contributed by atoms with E-state index in [2.05, 4.69) is 11.9 Å². The van der Waals surface area contributed by atoms with E-state index in [0.717, 1.165) is 36.9 Å². The number of imidazole rings is 1. The van der Waals surface area contributed by atoms with Crippen LogP contribution in [0.4, 0.5) is 0 Å². The first-order valence-corrected chi connectivity index (χ1v) is 7.84. The molecule has 1 aromatic heterocycles. The summed E-state index contributed by atoms with van der Waals surface area (Å²) in [5.41, 5.74) is 1.25. The minimum absolute atomic E-state index is 0.237. The van der Waals surface area contributed by atoms with Crippen molar-refractivity contribution in [3.05, 3.63) is 50.5 Å². The van der Waals surface area contributed by atoms with Crippen LogP contribution in [-0.4, -0.2) is 15.8 Å². The molecular formula is C15H15Cl3N2O. The van der Waals surface area contributed by atoms with Crippen molar-refractivity contribution >= 4 is 41.1 Å². The lowest BCUT2D eigenvalue weighted by Crippen LogP contribution is -2.09. The van der Waals surface area contributed by atoms with Gasteiger partial charge in [-0.05, 0) is 24.1 Å². The Kier molecular flexibility index (Phi) is 5.68. The fourth-order valence-corrected chi connectivity index (χ4v) is 2.83. The van der Waals surface area contributed by atoms with Crippen molar-refractivity contribution in [2.75, 3.05) is 0 Å². The quantitative estimate of drug-likeness (QED) is 0.687. The van der Waals surface area contributed by atoms with E-state index in [1.807, 2.05) is 10.6 Å². The fraction of sp³-hybridized carbons (Fsp3) is 0.333. The smallest absolute Gasteiger partial charge is 0.169 e. The van der Waals surface area contributed by atoms with Gasteiger partial charge < -0.3 is 4.57 Å². The molecule has 0 unspecified atom stereocenters. The highest BCUT2D eigenvalue weighted by molar-refractivity contribution is 6.35. The normalized spacial score (nSPS) is 10.9. The lowest BCUT2D eigenvalue weighted by molar-refractivity contribution is 0.111. The van der Waals surface area contributed by atoms with Crippen LogP contribution in [-0.2, 0) is 13.0 Å². The van der Waals surface area contributed by atoms with Gasteiger partial charge in [0, 0.05) is 16.5 Å². The highest BCUT2D eigenvalue weighted by atomic mass is 35.5. The minimum atomic E-state index is 0.237. The van der Waals surface area contributed by atoms with Crippen LogP contribution in [0.3, 0.4) is 0 Å². The Bertz CT molecular complexity index is 653. The Morgan fingerprint density at radius 3 is 2.67 bits per heavy atom. The number of hydrogen-bond acceptors (Lipinski definition) is 2. The van der Waals surface area contributed by atoms with Crippen LogP contribution in [0.2, 0.25) is 15.2 Å². The van der Waals surface area contributed by atoms with Crippen LogP contribution in [0.1, 0.15) is 41.6 Å². The van der Waals surface area contributed by atoms with Crippen LogP contribution < -0.4 is 0 Å². The maximum absolute atomic E-state index is 11.3. The van der Waals surface area contributed by atoms with Crippen molar-refractivity contribution in [2.45, 2.75) is 32.7 Å². The van der Waals surface area contributed by atoms with Crippen LogP contribution in [0.25, 0.3) is 0 Å². The molecule has 0 aliphatic carbocycles. The number of unbranched alkanes of at least 4 members (excludes halogenated alkanes) is 1. The second-order valence-electron chi connectivity index (χ2n) is 4.75. The van der Waals surface area contributed by atoms with Gasteiger partial charge in [0.25, 0.3) is 0 Å². The van der Waals surface area contributed by atoms with E-state index in [0.29, 0.717) is 22.3 Å². The zero-order valence-electron chi connectivity index (χ0n) is 11.6. The summed E-state index contributed by atoms with van der Waals surface area (Å²) >= 11 is 18.1. The van der Waals surface area contributed by atoms with Gasteiger partial charge in [0.2, 0.25) is 0 Å². The largest absolute Gasteiger partial charge is 0.320 e. The molecule has 2 rings (SSSR count). The predicted molar refractivity (Wildman–Crippen MR) is 86.8 cm³/mol. The Morgan fingerprint density at radius 2 is 2.05 bits per heavy atom. The van der Waals surface area contributed by atoms with Gasteiger partial charge in [0.05, 0.1) is 6.54 Å². The number of benzene rings is 1. The topological polar surface area (TPSA) is 34.9 Å². The van der Waals surface area contributed by atoms with Gasteiger partial charge in [-0.3, -0.25) is 4.79 Å². The molecule has 0 atom stereocenters. The van der Waals surface area contributed by atoms with Gasteiger partial charge in [-0.1, -0.05) is 54.2 Å². The van der Waals surface area contributed by atoms with E-state index >= 15 is 0 Å². The molecule has 0 aliphatic rings. The first kappa shape index (κ1) is 16.3. The summed E-state index contributed by atoms with van der Waals surface area (Å²) < 4.78 is 1.82. The number of rotatable bonds is 6. The lowest BCUT2D eigenvalue weighted by Gasteiger charge is -2.11. The average Bonchev–Trinajstić information content (AvgIpc) is 2.74. The van der Waals surface area contributed by atoms with Crippen LogP contribution in [0, 0.1) is 0 Å². The maximum atomic E-state index is 11.3. The molecule has 1 aromatic carbocycles. The van der Waals surface area contributed by atoms with E-state index in [9.17, 15) is 4.79 Å². The van der Waals surface area contributed by atoms with E-state index < -0.39 is 0 Å². The van der Waals surface area contributed by atoms with Crippen molar-refractivity contribution in [3.63, 3.8) is 0 Å². The Labute approximate surface area is 138 Å². The van der Waals surface area contributed by atoms with Gasteiger partial charge in [0.15, 0.2) is 11.4 Å². The van der Waals surface area contributed by atoms with E-state index in [-0.39, 0.29) is 5.15 Å². The third kappa shape index (κ3) is 3.79. The molecule has 6 heteroatoms.